The molecular formula is C20H27O3P. The number of benzene rings is 2. The first kappa shape index (κ1) is 18.8. The summed E-state index contributed by atoms with van der Waals surface area (Å²) in [6.07, 6.45) is 5.58. The average Bonchev–Trinajstić information content (AvgIpc) is 2.62. The Kier molecular flexibility index (Phi) is 8.65. The minimum Gasteiger partial charge on any atom is -0.418 e. The second-order valence-corrected chi connectivity index (χ2v) is 6.64. The van der Waals surface area contributed by atoms with Crippen LogP contribution < -0.4 is 9.05 Å². The Morgan fingerprint density at radius 2 is 1.54 bits per heavy atom. The molecule has 0 bridgehead atoms. The summed E-state index contributed by atoms with van der Waals surface area (Å²) < 4.78 is 17.9. The lowest BCUT2D eigenvalue weighted by atomic mass is 10.1. The van der Waals surface area contributed by atoms with Crippen molar-refractivity contribution in [2.75, 3.05) is 6.61 Å². The third-order valence-electron chi connectivity index (χ3n) is 3.64. The first-order valence-electron chi connectivity index (χ1n) is 8.75. The summed E-state index contributed by atoms with van der Waals surface area (Å²) in [6, 6.07) is 17.8. The Morgan fingerprint density at radius 3 is 2.29 bits per heavy atom. The van der Waals surface area contributed by atoms with E-state index in [4.69, 9.17) is 13.6 Å². The number of rotatable bonds is 11. The highest BCUT2D eigenvalue weighted by atomic mass is 31.2. The predicted molar refractivity (Wildman–Crippen MR) is 101 cm³/mol. The Hall–Kier alpha value is -1.57. The molecule has 130 valence electrons. The fourth-order valence-electron chi connectivity index (χ4n) is 2.27. The summed E-state index contributed by atoms with van der Waals surface area (Å²) in [5.74, 6) is 1.61. The van der Waals surface area contributed by atoms with Crippen LogP contribution in [0.1, 0.15) is 45.1 Å². The molecule has 0 aliphatic rings. The SMILES string of the molecule is CCCCCCOP(Oc1ccccc1)Oc1ccccc1CC. The molecule has 3 nitrogen and oxygen atoms in total. The molecule has 0 aromatic heterocycles. The highest BCUT2D eigenvalue weighted by molar-refractivity contribution is 7.42. The van der Waals surface area contributed by atoms with Crippen LogP contribution in [-0.2, 0) is 10.9 Å². The average molecular weight is 346 g/mol. The molecule has 24 heavy (non-hydrogen) atoms. The van der Waals surface area contributed by atoms with Crippen molar-refractivity contribution >= 4 is 8.60 Å². The second-order valence-electron chi connectivity index (χ2n) is 5.57. The van der Waals surface area contributed by atoms with E-state index in [9.17, 15) is 0 Å². The van der Waals surface area contributed by atoms with E-state index in [-0.39, 0.29) is 0 Å². The quantitative estimate of drug-likeness (QED) is 0.342. The second kappa shape index (κ2) is 11.1. The van der Waals surface area contributed by atoms with Gasteiger partial charge in [0.2, 0.25) is 0 Å². The topological polar surface area (TPSA) is 27.7 Å². The van der Waals surface area contributed by atoms with E-state index in [1.54, 1.807) is 0 Å². The Bertz CT molecular complexity index is 574. The van der Waals surface area contributed by atoms with Crippen LogP contribution in [0.2, 0.25) is 0 Å². The zero-order valence-electron chi connectivity index (χ0n) is 14.6. The number of unbranched alkanes of at least 4 members (excludes halogenated alkanes) is 3. The number of hydrogen-bond acceptors (Lipinski definition) is 3. The van der Waals surface area contributed by atoms with Gasteiger partial charge in [0.25, 0.3) is 0 Å². The van der Waals surface area contributed by atoms with Gasteiger partial charge >= 0.3 is 8.60 Å². The lowest BCUT2D eigenvalue weighted by Gasteiger charge is -2.19. The van der Waals surface area contributed by atoms with Crippen LogP contribution >= 0.6 is 8.60 Å². The summed E-state index contributed by atoms with van der Waals surface area (Å²) in [5, 5.41) is 0. The van der Waals surface area contributed by atoms with Gasteiger partial charge in [-0.3, -0.25) is 4.52 Å². The molecule has 0 spiro atoms. The van der Waals surface area contributed by atoms with Crippen LogP contribution in [-0.4, -0.2) is 6.61 Å². The van der Waals surface area contributed by atoms with Gasteiger partial charge in [-0.2, -0.15) is 0 Å². The minimum absolute atomic E-state index is 0.660. The molecule has 0 fully saturated rings. The molecule has 0 saturated heterocycles. The number of para-hydroxylation sites is 2. The largest absolute Gasteiger partial charge is 0.463 e. The van der Waals surface area contributed by atoms with Crippen molar-refractivity contribution in [2.45, 2.75) is 46.0 Å². The van der Waals surface area contributed by atoms with Crippen molar-refractivity contribution in [3.05, 3.63) is 60.2 Å². The molecule has 2 aromatic carbocycles. The summed E-state index contributed by atoms with van der Waals surface area (Å²) in [5.41, 5.74) is 1.16. The van der Waals surface area contributed by atoms with Gasteiger partial charge in [0.1, 0.15) is 11.5 Å². The fourth-order valence-corrected chi connectivity index (χ4v) is 3.33. The molecule has 0 N–H and O–H groups in total. The van der Waals surface area contributed by atoms with Gasteiger partial charge in [0, 0.05) is 0 Å². The van der Waals surface area contributed by atoms with Crippen LogP contribution in [0.5, 0.6) is 11.5 Å². The number of aryl methyl sites for hydroxylation is 1. The highest BCUT2D eigenvalue weighted by Crippen LogP contribution is 2.42. The molecule has 4 heteroatoms. The molecule has 1 atom stereocenters. The monoisotopic (exact) mass is 346 g/mol. The predicted octanol–water partition coefficient (Wildman–Crippen LogP) is 6.53. The Balaban J connectivity index is 1.98. The molecule has 0 radical (unpaired) electrons. The summed E-state index contributed by atoms with van der Waals surface area (Å²) >= 11 is 0. The van der Waals surface area contributed by atoms with Crippen molar-refractivity contribution in [1.29, 1.82) is 0 Å². The molecule has 1 unspecified atom stereocenters. The van der Waals surface area contributed by atoms with E-state index in [0.717, 1.165) is 29.9 Å². The molecule has 2 rings (SSSR count). The van der Waals surface area contributed by atoms with E-state index in [2.05, 4.69) is 19.9 Å². The van der Waals surface area contributed by atoms with Gasteiger partial charge in [0.05, 0.1) is 6.61 Å². The van der Waals surface area contributed by atoms with Crippen molar-refractivity contribution in [3.63, 3.8) is 0 Å². The first-order valence-corrected chi connectivity index (χ1v) is 9.85. The maximum Gasteiger partial charge on any atom is 0.463 e. The smallest absolute Gasteiger partial charge is 0.418 e. The van der Waals surface area contributed by atoms with E-state index in [1.165, 1.54) is 19.3 Å². The molecule has 0 saturated carbocycles. The van der Waals surface area contributed by atoms with Crippen molar-refractivity contribution < 1.29 is 13.6 Å². The zero-order valence-corrected chi connectivity index (χ0v) is 15.5. The summed E-state index contributed by atoms with van der Waals surface area (Å²) in [4.78, 5) is 0. The maximum atomic E-state index is 6.07. The lowest BCUT2D eigenvalue weighted by molar-refractivity contribution is 0.258. The van der Waals surface area contributed by atoms with Crippen molar-refractivity contribution in [1.82, 2.24) is 0 Å². The Labute approximate surface area is 147 Å². The lowest BCUT2D eigenvalue weighted by Crippen LogP contribution is -2.02. The third-order valence-corrected chi connectivity index (χ3v) is 4.74. The first-order chi connectivity index (χ1) is 11.8. The van der Waals surface area contributed by atoms with Gasteiger partial charge in [-0.25, -0.2) is 0 Å². The summed E-state index contributed by atoms with van der Waals surface area (Å²) in [7, 11) is -1.46. The van der Waals surface area contributed by atoms with Crippen LogP contribution in [0.3, 0.4) is 0 Å². The van der Waals surface area contributed by atoms with Crippen LogP contribution in [0, 0.1) is 0 Å². The normalized spacial score (nSPS) is 11.9. The zero-order chi connectivity index (χ0) is 17.0. The van der Waals surface area contributed by atoms with Crippen molar-refractivity contribution in [2.24, 2.45) is 0 Å². The molecule has 0 aliphatic heterocycles. The molecule has 0 aliphatic carbocycles. The van der Waals surface area contributed by atoms with E-state index >= 15 is 0 Å². The Morgan fingerprint density at radius 1 is 0.792 bits per heavy atom. The highest BCUT2D eigenvalue weighted by Gasteiger charge is 2.18. The van der Waals surface area contributed by atoms with Gasteiger partial charge < -0.3 is 9.05 Å². The van der Waals surface area contributed by atoms with E-state index in [1.807, 2.05) is 48.5 Å². The number of hydrogen-bond donors (Lipinski definition) is 0. The molecule has 0 amide bonds. The molecule has 0 heterocycles. The minimum atomic E-state index is -1.46. The van der Waals surface area contributed by atoms with Crippen LogP contribution in [0.4, 0.5) is 0 Å². The van der Waals surface area contributed by atoms with Gasteiger partial charge in [-0.15, -0.1) is 0 Å². The van der Waals surface area contributed by atoms with Crippen LogP contribution in [0.15, 0.2) is 54.6 Å². The molecule has 2 aromatic rings. The fraction of sp³-hybridized carbons (Fsp3) is 0.400. The van der Waals surface area contributed by atoms with E-state index in [0.29, 0.717) is 6.61 Å². The van der Waals surface area contributed by atoms with Crippen molar-refractivity contribution in [3.8, 4) is 11.5 Å². The summed E-state index contributed by atoms with van der Waals surface area (Å²) in [6.45, 7) is 4.98. The molecular weight excluding hydrogens is 319 g/mol. The van der Waals surface area contributed by atoms with Gasteiger partial charge in [-0.1, -0.05) is 69.5 Å². The van der Waals surface area contributed by atoms with Crippen LogP contribution in [0.25, 0.3) is 0 Å². The maximum absolute atomic E-state index is 6.07. The third kappa shape index (κ3) is 6.51. The van der Waals surface area contributed by atoms with Gasteiger partial charge in [-0.05, 0) is 36.6 Å². The van der Waals surface area contributed by atoms with E-state index < -0.39 is 8.60 Å². The van der Waals surface area contributed by atoms with Gasteiger partial charge in [0.15, 0.2) is 0 Å². The standard InChI is InChI=1S/C20H27O3P/c1-3-5-6-12-17-21-24(22-19-14-8-7-9-15-19)23-20-16-11-10-13-18(20)4-2/h7-11,13-16H,3-6,12,17H2,1-2H3.